The fraction of sp³-hybridized carbons (Fsp3) is 0. The molecule has 0 heterocycles. The molecule has 0 bridgehead atoms. The van der Waals surface area contributed by atoms with Gasteiger partial charge in [-0.15, -0.1) is 0 Å². The van der Waals surface area contributed by atoms with Crippen LogP contribution in [0, 0.1) is 0 Å². The van der Waals surface area contributed by atoms with Gasteiger partial charge in [0, 0.05) is 14.5 Å². The second kappa shape index (κ2) is 14.9. The van der Waals surface area contributed by atoms with Gasteiger partial charge < -0.3 is 9.68 Å². The number of halogens is 3. The van der Waals surface area contributed by atoms with Gasteiger partial charge in [0.15, 0.2) is 0 Å². The predicted octanol–water partition coefficient (Wildman–Crippen LogP) is 12.3. The second-order valence-electron chi connectivity index (χ2n) is 10.5. The minimum atomic E-state index is 0.562. The zero-order chi connectivity index (χ0) is 31.9. The van der Waals surface area contributed by atoms with Crippen LogP contribution in [0.4, 0.5) is 0 Å². The molecule has 1 N–H and O–H groups in total. The molecule has 0 aliphatic carbocycles. The highest BCUT2D eigenvalue weighted by Gasteiger charge is 2.08. The molecule has 0 atom stereocenters. The first-order chi connectivity index (χ1) is 22.5. The number of benzene rings is 8. The van der Waals surface area contributed by atoms with Crippen LogP contribution in [0.1, 0.15) is 0 Å². The van der Waals surface area contributed by atoms with Crippen LogP contribution >= 0.6 is 39.1 Å². The van der Waals surface area contributed by atoms with Crippen LogP contribution in [0.5, 0.6) is 5.75 Å². The highest BCUT2D eigenvalue weighted by molar-refractivity contribution is 9.10. The highest BCUT2D eigenvalue weighted by atomic mass is 79.9. The molecular formula is C40H27BBrCl2O2. The van der Waals surface area contributed by atoms with Crippen molar-refractivity contribution in [3.63, 3.8) is 0 Å². The largest absolute Gasteiger partial charge is 0.569 e. The molecular weight excluding hydrogens is 674 g/mol. The minimum absolute atomic E-state index is 0.562. The van der Waals surface area contributed by atoms with Gasteiger partial charge in [-0.1, -0.05) is 148 Å². The van der Waals surface area contributed by atoms with Gasteiger partial charge >= 0.3 is 7.69 Å². The van der Waals surface area contributed by atoms with Crippen LogP contribution < -0.4 is 4.65 Å². The number of hydrogen-bond acceptors (Lipinski definition) is 2. The summed E-state index contributed by atoms with van der Waals surface area (Å²) in [6.45, 7) is 0. The molecule has 0 spiro atoms. The monoisotopic (exact) mass is 699 g/mol. The first-order valence-electron chi connectivity index (χ1n) is 14.6. The lowest BCUT2D eigenvalue weighted by molar-refractivity contribution is 0.454. The first-order valence-corrected chi connectivity index (χ1v) is 16.2. The van der Waals surface area contributed by atoms with Crippen molar-refractivity contribution in [2.45, 2.75) is 0 Å². The van der Waals surface area contributed by atoms with E-state index in [2.05, 4.69) is 142 Å². The summed E-state index contributed by atoms with van der Waals surface area (Å²) in [4.78, 5) is 0. The molecule has 8 rings (SSSR count). The van der Waals surface area contributed by atoms with Crippen molar-refractivity contribution in [1.82, 2.24) is 0 Å². The van der Waals surface area contributed by atoms with E-state index in [1.807, 2.05) is 12.1 Å². The third-order valence-electron chi connectivity index (χ3n) is 7.64. The van der Waals surface area contributed by atoms with E-state index < -0.39 is 0 Å². The lowest BCUT2D eigenvalue weighted by atomic mass is 9.93. The van der Waals surface area contributed by atoms with E-state index in [0.717, 1.165) is 9.50 Å². The van der Waals surface area contributed by atoms with E-state index in [1.54, 1.807) is 24.3 Å². The lowest BCUT2D eigenvalue weighted by Gasteiger charge is -2.11. The Morgan fingerprint density at radius 3 is 1.48 bits per heavy atom. The van der Waals surface area contributed by atoms with Gasteiger partial charge in [-0.25, -0.2) is 0 Å². The fourth-order valence-electron chi connectivity index (χ4n) is 5.51. The average molecular weight is 701 g/mol. The number of fused-ring (bicyclic) bond motifs is 6. The van der Waals surface area contributed by atoms with E-state index in [4.69, 9.17) is 28.2 Å². The molecule has 0 amide bonds. The first kappa shape index (κ1) is 31.7. The predicted molar refractivity (Wildman–Crippen MR) is 201 cm³/mol. The zero-order valence-electron chi connectivity index (χ0n) is 24.6. The van der Waals surface area contributed by atoms with Crippen LogP contribution in [0.25, 0.3) is 54.2 Å². The molecule has 0 saturated carbocycles. The van der Waals surface area contributed by atoms with E-state index in [1.165, 1.54) is 54.2 Å². The van der Waals surface area contributed by atoms with Gasteiger partial charge in [0.1, 0.15) is 5.75 Å². The maximum Gasteiger partial charge on any atom is 0.569 e. The van der Waals surface area contributed by atoms with E-state index in [-0.39, 0.29) is 0 Å². The molecule has 8 aromatic rings. The molecule has 46 heavy (non-hydrogen) atoms. The minimum Gasteiger partial charge on any atom is -0.537 e. The molecule has 0 aliphatic rings. The van der Waals surface area contributed by atoms with Gasteiger partial charge in [0.2, 0.25) is 0 Å². The van der Waals surface area contributed by atoms with Crippen LogP contribution in [0.3, 0.4) is 0 Å². The van der Waals surface area contributed by atoms with Crippen molar-refractivity contribution in [3.05, 3.63) is 172 Å². The Balaban J connectivity index is 0.000000130. The summed E-state index contributed by atoms with van der Waals surface area (Å²) >= 11 is 15.2. The standard InChI is InChI=1S/C20H13Cl.C14H9Br.C6H5BClO2/c21-16-11-9-14(10-12-16)20-13-15-5-1-2-6-17(15)18-7-3-4-8-19(18)20;15-14-9-10-5-1-2-6-11(10)12-7-3-4-8-13(12)14;8-5-1-3-6(4-2-5)10-7-9/h1-13H;1-9H;1-4,9H. The third kappa shape index (κ3) is 7.22. The average Bonchev–Trinajstić information content (AvgIpc) is 3.10. The maximum atomic E-state index is 8.21. The summed E-state index contributed by atoms with van der Waals surface area (Å²) in [5, 5.41) is 19.9. The maximum absolute atomic E-state index is 8.21. The van der Waals surface area contributed by atoms with Crippen molar-refractivity contribution in [1.29, 1.82) is 0 Å². The van der Waals surface area contributed by atoms with Crippen LogP contribution in [0.2, 0.25) is 10.0 Å². The molecule has 0 aromatic heterocycles. The van der Waals surface area contributed by atoms with E-state index in [0.29, 0.717) is 18.5 Å². The SMILES string of the molecule is Brc1cc2ccccc2c2ccccc12.Clc1ccc(-c2cc3ccccc3c3ccccc23)cc1.O[B]Oc1ccc(Cl)cc1. The van der Waals surface area contributed by atoms with Gasteiger partial charge in [-0.2, -0.15) is 0 Å². The highest BCUT2D eigenvalue weighted by Crippen LogP contribution is 2.35. The summed E-state index contributed by atoms with van der Waals surface area (Å²) in [5.41, 5.74) is 2.45. The lowest BCUT2D eigenvalue weighted by Crippen LogP contribution is -1.98. The van der Waals surface area contributed by atoms with Gasteiger partial charge in [0.25, 0.3) is 0 Å². The molecule has 0 aliphatic heterocycles. The smallest absolute Gasteiger partial charge is 0.537 e. The Labute approximate surface area is 287 Å². The van der Waals surface area contributed by atoms with Crippen molar-refractivity contribution in [3.8, 4) is 16.9 Å². The quantitative estimate of drug-likeness (QED) is 0.147. The van der Waals surface area contributed by atoms with Crippen LogP contribution in [-0.4, -0.2) is 12.7 Å². The fourth-order valence-corrected chi connectivity index (χ4v) is 6.35. The van der Waals surface area contributed by atoms with Gasteiger partial charge in [-0.3, -0.25) is 0 Å². The number of hydrogen-bond donors (Lipinski definition) is 1. The van der Waals surface area contributed by atoms with Gasteiger partial charge in [0.05, 0.1) is 0 Å². The summed E-state index contributed by atoms with van der Waals surface area (Å²) in [6, 6.07) is 53.2. The van der Waals surface area contributed by atoms with Gasteiger partial charge in [-0.05, 0) is 103 Å². The zero-order valence-corrected chi connectivity index (χ0v) is 27.7. The Hall–Kier alpha value is -4.32. The Bertz CT molecular complexity index is 2260. The third-order valence-corrected chi connectivity index (χ3v) is 8.80. The summed E-state index contributed by atoms with van der Waals surface area (Å²) in [5.74, 6) is 0.562. The van der Waals surface area contributed by atoms with Crippen molar-refractivity contribution >= 4 is 89.9 Å². The molecule has 0 unspecified atom stereocenters. The summed E-state index contributed by atoms with van der Waals surface area (Å²) in [7, 11) is 0.628. The molecule has 8 aromatic carbocycles. The summed E-state index contributed by atoms with van der Waals surface area (Å²) < 4.78 is 5.80. The van der Waals surface area contributed by atoms with E-state index in [9.17, 15) is 0 Å². The van der Waals surface area contributed by atoms with Crippen molar-refractivity contribution in [2.24, 2.45) is 0 Å². The van der Waals surface area contributed by atoms with Crippen molar-refractivity contribution < 1.29 is 9.68 Å². The number of rotatable bonds is 3. The van der Waals surface area contributed by atoms with Crippen LogP contribution in [-0.2, 0) is 0 Å². The Morgan fingerprint density at radius 2 is 0.913 bits per heavy atom. The van der Waals surface area contributed by atoms with Crippen LogP contribution in [0.15, 0.2) is 162 Å². The Morgan fingerprint density at radius 1 is 0.478 bits per heavy atom. The summed E-state index contributed by atoms with van der Waals surface area (Å²) in [6.07, 6.45) is 0. The normalized spacial score (nSPS) is 10.6. The van der Waals surface area contributed by atoms with Crippen molar-refractivity contribution in [2.75, 3.05) is 0 Å². The molecule has 0 fully saturated rings. The molecule has 223 valence electrons. The molecule has 0 saturated heterocycles. The topological polar surface area (TPSA) is 29.5 Å². The molecule has 6 heteroatoms. The van der Waals surface area contributed by atoms with E-state index >= 15 is 0 Å². The Kier molecular flexibility index (Phi) is 10.2. The molecule has 2 nitrogen and oxygen atoms in total. The molecule has 1 radical (unpaired) electrons. The second-order valence-corrected chi connectivity index (χ2v) is 12.2.